The van der Waals surface area contributed by atoms with Crippen LogP contribution in [0.3, 0.4) is 0 Å². The number of nitrogens with one attached hydrogen (secondary N) is 1. The van der Waals surface area contributed by atoms with E-state index in [1.54, 1.807) is 6.07 Å². The maximum absolute atomic E-state index is 12.1. The highest BCUT2D eigenvalue weighted by atomic mass is 127. The van der Waals surface area contributed by atoms with Gasteiger partial charge in [-0.05, 0) is 71.5 Å². The van der Waals surface area contributed by atoms with E-state index in [1.165, 1.54) is 0 Å². The van der Waals surface area contributed by atoms with Crippen LogP contribution in [0, 0.1) is 10.5 Å². The first-order chi connectivity index (χ1) is 9.56. The Labute approximate surface area is 135 Å². The number of carbonyl (C=O) groups excluding carboxylic acids is 1. The lowest BCUT2D eigenvalue weighted by molar-refractivity contribution is -0.110. The smallest absolute Gasteiger partial charge is 0.275 e. The first kappa shape index (κ1) is 13.6. The maximum Gasteiger partial charge on any atom is 0.275 e. The Morgan fingerprint density at radius 1 is 1.15 bits per heavy atom. The molecule has 0 radical (unpaired) electrons. The molecule has 3 nitrogen and oxygen atoms in total. The molecule has 1 amide bonds. The van der Waals surface area contributed by atoms with Gasteiger partial charge in [-0.15, -0.1) is 0 Å². The zero-order valence-electron chi connectivity index (χ0n) is 10.6. The first-order valence-corrected chi connectivity index (χ1v) is 7.47. The molecule has 0 saturated heterocycles. The second-order valence-corrected chi connectivity index (χ2v) is 6.14. The van der Waals surface area contributed by atoms with Gasteiger partial charge in [0.1, 0.15) is 5.71 Å². The molecule has 0 aliphatic carbocycles. The highest BCUT2D eigenvalue weighted by Crippen LogP contribution is 2.33. The number of halogens is 2. The molecular weight excluding hydrogens is 387 g/mol. The van der Waals surface area contributed by atoms with Crippen molar-refractivity contribution in [3.63, 3.8) is 0 Å². The van der Waals surface area contributed by atoms with Crippen LogP contribution in [-0.4, -0.2) is 11.6 Å². The minimum absolute atomic E-state index is 0.191. The molecule has 1 aliphatic heterocycles. The third-order valence-electron chi connectivity index (χ3n) is 3.18. The second kappa shape index (κ2) is 5.18. The second-order valence-electron chi connectivity index (χ2n) is 4.49. The normalized spacial score (nSPS) is 15.3. The Balaban J connectivity index is 2.11. The SMILES string of the molecule is Cc1c(Cl)ccc2c1NC(=O)C2=Nc1ccc(I)cc1. The maximum atomic E-state index is 12.1. The summed E-state index contributed by atoms with van der Waals surface area (Å²) in [5.41, 5.74) is 3.62. The Bertz CT molecular complexity index is 738. The van der Waals surface area contributed by atoms with Crippen LogP contribution in [0.25, 0.3) is 0 Å². The highest BCUT2D eigenvalue weighted by molar-refractivity contribution is 14.1. The number of benzene rings is 2. The largest absolute Gasteiger partial charge is 0.320 e. The van der Waals surface area contributed by atoms with E-state index in [4.69, 9.17) is 11.6 Å². The van der Waals surface area contributed by atoms with Crippen molar-refractivity contribution in [1.29, 1.82) is 0 Å². The lowest BCUT2D eigenvalue weighted by Gasteiger charge is -2.04. The van der Waals surface area contributed by atoms with E-state index in [2.05, 4.69) is 32.9 Å². The third-order valence-corrected chi connectivity index (χ3v) is 4.30. The van der Waals surface area contributed by atoms with E-state index < -0.39 is 0 Å². The van der Waals surface area contributed by atoms with Gasteiger partial charge in [-0.1, -0.05) is 11.6 Å². The topological polar surface area (TPSA) is 41.5 Å². The molecule has 0 saturated carbocycles. The average Bonchev–Trinajstić information content (AvgIpc) is 2.74. The molecule has 0 unspecified atom stereocenters. The van der Waals surface area contributed by atoms with E-state index in [0.29, 0.717) is 10.7 Å². The molecule has 0 atom stereocenters. The molecule has 0 bridgehead atoms. The number of anilines is 1. The van der Waals surface area contributed by atoms with E-state index >= 15 is 0 Å². The molecule has 3 rings (SSSR count). The van der Waals surface area contributed by atoms with Crippen LogP contribution in [0.15, 0.2) is 41.4 Å². The summed E-state index contributed by atoms with van der Waals surface area (Å²) in [5.74, 6) is -0.191. The molecule has 2 aromatic rings. The van der Waals surface area contributed by atoms with Crippen LogP contribution in [0.2, 0.25) is 5.02 Å². The van der Waals surface area contributed by atoms with Crippen molar-refractivity contribution in [3.05, 3.63) is 56.1 Å². The van der Waals surface area contributed by atoms with Crippen molar-refractivity contribution in [2.45, 2.75) is 6.92 Å². The quantitative estimate of drug-likeness (QED) is 0.717. The van der Waals surface area contributed by atoms with E-state index in [1.807, 2.05) is 37.3 Å². The molecule has 0 spiro atoms. The summed E-state index contributed by atoms with van der Waals surface area (Å²) in [6.07, 6.45) is 0. The zero-order valence-corrected chi connectivity index (χ0v) is 13.5. The third kappa shape index (κ3) is 2.33. The van der Waals surface area contributed by atoms with Crippen molar-refractivity contribution < 1.29 is 4.79 Å². The van der Waals surface area contributed by atoms with Crippen LogP contribution in [0.1, 0.15) is 11.1 Å². The Morgan fingerprint density at radius 2 is 1.85 bits per heavy atom. The van der Waals surface area contributed by atoms with Crippen molar-refractivity contribution in [2.24, 2.45) is 4.99 Å². The van der Waals surface area contributed by atoms with Gasteiger partial charge in [0.15, 0.2) is 0 Å². The molecule has 1 N–H and O–H groups in total. The number of amides is 1. The van der Waals surface area contributed by atoms with Gasteiger partial charge >= 0.3 is 0 Å². The lowest BCUT2D eigenvalue weighted by Crippen LogP contribution is -2.13. The predicted molar refractivity (Wildman–Crippen MR) is 90.2 cm³/mol. The Hall–Kier alpha value is -1.40. The number of rotatable bonds is 1. The summed E-state index contributed by atoms with van der Waals surface area (Å²) in [4.78, 5) is 16.5. The summed E-state index contributed by atoms with van der Waals surface area (Å²) >= 11 is 8.30. The first-order valence-electron chi connectivity index (χ1n) is 6.01. The fraction of sp³-hybridized carbons (Fsp3) is 0.0667. The van der Waals surface area contributed by atoms with Crippen molar-refractivity contribution in [1.82, 2.24) is 0 Å². The minimum Gasteiger partial charge on any atom is -0.320 e. The molecular formula is C15H10ClIN2O. The van der Waals surface area contributed by atoms with E-state index in [0.717, 1.165) is 26.1 Å². The lowest BCUT2D eigenvalue weighted by atomic mass is 10.1. The number of hydrogen-bond acceptors (Lipinski definition) is 2. The zero-order chi connectivity index (χ0) is 14.3. The average molecular weight is 397 g/mol. The van der Waals surface area contributed by atoms with Crippen molar-refractivity contribution >= 4 is 57.2 Å². The Kier molecular flexibility index (Phi) is 3.52. The molecule has 100 valence electrons. The Morgan fingerprint density at radius 3 is 2.55 bits per heavy atom. The van der Waals surface area contributed by atoms with Gasteiger partial charge in [0.25, 0.3) is 5.91 Å². The summed E-state index contributed by atoms with van der Waals surface area (Å²) in [6, 6.07) is 11.3. The number of carbonyl (C=O) groups is 1. The summed E-state index contributed by atoms with van der Waals surface area (Å²) in [6.45, 7) is 1.88. The van der Waals surface area contributed by atoms with E-state index in [-0.39, 0.29) is 5.91 Å². The number of hydrogen-bond donors (Lipinski definition) is 1. The van der Waals surface area contributed by atoms with Gasteiger partial charge in [0, 0.05) is 14.2 Å². The molecule has 2 aromatic carbocycles. The van der Waals surface area contributed by atoms with Gasteiger partial charge in [0.2, 0.25) is 0 Å². The van der Waals surface area contributed by atoms with Gasteiger partial charge in [-0.3, -0.25) is 4.79 Å². The predicted octanol–water partition coefficient (Wildman–Crippen LogP) is 4.33. The van der Waals surface area contributed by atoms with Gasteiger partial charge in [0.05, 0.1) is 11.4 Å². The van der Waals surface area contributed by atoms with Crippen molar-refractivity contribution in [2.75, 3.05) is 5.32 Å². The molecule has 20 heavy (non-hydrogen) atoms. The summed E-state index contributed by atoms with van der Waals surface area (Å²) in [7, 11) is 0. The minimum atomic E-state index is -0.191. The number of fused-ring (bicyclic) bond motifs is 1. The molecule has 0 aromatic heterocycles. The van der Waals surface area contributed by atoms with Crippen LogP contribution < -0.4 is 5.32 Å². The summed E-state index contributed by atoms with van der Waals surface area (Å²) in [5, 5.41) is 3.47. The van der Waals surface area contributed by atoms with Gasteiger partial charge in [-0.25, -0.2) is 4.99 Å². The number of nitrogens with zero attached hydrogens (tertiary/aromatic N) is 1. The standard InChI is InChI=1S/C15H10ClIN2O/c1-8-12(16)7-6-11-13(8)19-15(20)14(11)18-10-4-2-9(17)3-5-10/h2-7H,1H3,(H,18,19,20). The molecule has 1 heterocycles. The van der Waals surface area contributed by atoms with Crippen LogP contribution >= 0.6 is 34.2 Å². The molecule has 1 aliphatic rings. The van der Waals surface area contributed by atoms with Gasteiger partial charge in [-0.2, -0.15) is 0 Å². The van der Waals surface area contributed by atoms with Crippen LogP contribution in [-0.2, 0) is 4.79 Å². The fourth-order valence-corrected chi connectivity index (χ4v) is 2.61. The monoisotopic (exact) mass is 396 g/mol. The van der Waals surface area contributed by atoms with Gasteiger partial charge < -0.3 is 5.32 Å². The molecule has 5 heteroatoms. The van der Waals surface area contributed by atoms with Crippen LogP contribution in [0.5, 0.6) is 0 Å². The van der Waals surface area contributed by atoms with Crippen LogP contribution in [0.4, 0.5) is 11.4 Å². The fourth-order valence-electron chi connectivity index (χ4n) is 2.10. The number of aliphatic imine (C=N–C) groups is 1. The summed E-state index contributed by atoms with van der Waals surface area (Å²) < 4.78 is 1.13. The van der Waals surface area contributed by atoms with E-state index in [9.17, 15) is 4.79 Å². The molecule has 0 fully saturated rings. The highest BCUT2D eigenvalue weighted by Gasteiger charge is 2.27. The van der Waals surface area contributed by atoms with Crippen molar-refractivity contribution in [3.8, 4) is 0 Å².